The lowest BCUT2D eigenvalue weighted by Crippen LogP contribution is -2.40. The molecule has 28 heavy (non-hydrogen) atoms. The van der Waals surface area contributed by atoms with Gasteiger partial charge in [-0.25, -0.2) is 13.2 Å². The molecule has 10 heteroatoms. The van der Waals surface area contributed by atoms with Crippen molar-refractivity contribution in [2.75, 3.05) is 38.2 Å². The molecule has 1 N–H and O–H groups in total. The van der Waals surface area contributed by atoms with Crippen molar-refractivity contribution < 1.29 is 27.5 Å². The Hall–Kier alpha value is -1.94. The first kappa shape index (κ1) is 22.4. The summed E-state index contributed by atoms with van der Waals surface area (Å²) in [5, 5.41) is 2.56. The summed E-state index contributed by atoms with van der Waals surface area (Å²) in [5.41, 5.74) is 0.652. The summed E-state index contributed by atoms with van der Waals surface area (Å²) in [6, 6.07) is 4.16. The molecule has 2 rings (SSSR count). The lowest BCUT2D eigenvalue weighted by atomic mass is 10.2. The Morgan fingerprint density at radius 2 is 2.00 bits per heavy atom. The summed E-state index contributed by atoms with van der Waals surface area (Å²) in [7, 11) is -3.82. The minimum absolute atomic E-state index is 0.0521. The van der Waals surface area contributed by atoms with Crippen LogP contribution in [0.2, 0.25) is 5.02 Å². The molecule has 0 radical (unpaired) electrons. The summed E-state index contributed by atoms with van der Waals surface area (Å²) < 4.78 is 37.0. The van der Waals surface area contributed by atoms with Gasteiger partial charge in [0.1, 0.15) is 4.90 Å². The van der Waals surface area contributed by atoms with Crippen LogP contribution >= 0.6 is 11.6 Å². The smallest absolute Gasteiger partial charge is 0.333 e. The molecule has 154 valence electrons. The Morgan fingerprint density at radius 1 is 1.32 bits per heavy atom. The topological polar surface area (TPSA) is 102 Å². The highest BCUT2D eigenvalue weighted by atomic mass is 35.5. The predicted molar refractivity (Wildman–Crippen MR) is 105 cm³/mol. The van der Waals surface area contributed by atoms with E-state index < -0.39 is 28.5 Å². The number of benzene rings is 1. The van der Waals surface area contributed by atoms with E-state index in [-0.39, 0.29) is 28.7 Å². The van der Waals surface area contributed by atoms with E-state index in [1.165, 1.54) is 22.5 Å². The molecule has 1 saturated heterocycles. The third-order valence-electron chi connectivity index (χ3n) is 3.97. The Balaban J connectivity index is 2.07. The van der Waals surface area contributed by atoms with Crippen LogP contribution in [0.4, 0.5) is 5.69 Å². The predicted octanol–water partition coefficient (Wildman–Crippen LogP) is 2.20. The molecular weight excluding hydrogens is 408 g/mol. The summed E-state index contributed by atoms with van der Waals surface area (Å²) in [4.78, 5) is 23.6. The van der Waals surface area contributed by atoms with E-state index in [1.807, 2.05) is 6.92 Å². The van der Waals surface area contributed by atoms with E-state index in [4.69, 9.17) is 21.1 Å². The Bertz CT molecular complexity index is 863. The van der Waals surface area contributed by atoms with Gasteiger partial charge in [0, 0.05) is 24.4 Å². The molecule has 1 aromatic rings. The number of rotatable bonds is 7. The summed E-state index contributed by atoms with van der Waals surface area (Å²) >= 11 is 6.08. The number of amides is 1. The summed E-state index contributed by atoms with van der Waals surface area (Å²) in [6.07, 6.45) is 2.38. The molecule has 1 aliphatic rings. The van der Waals surface area contributed by atoms with Crippen molar-refractivity contribution in [3.05, 3.63) is 34.9 Å². The summed E-state index contributed by atoms with van der Waals surface area (Å²) in [5.74, 6) is -1.17. The minimum atomic E-state index is -3.82. The first-order valence-corrected chi connectivity index (χ1v) is 10.6. The lowest BCUT2D eigenvalue weighted by molar-refractivity contribution is -0.143. The van der Waals surface area contributed by atoms with E-state index in [1.54, 1.807) is 13.0 Å². The summed E-state index contributed by atoms with van der Waals surface area (Å²) in [6.45, 7) is 4.08. The molecule has 1 fully saturated rings. The SMILES string of the molecule is CC/C=C(/C)C(=O)OCC(=O)Nc1ccc(Cl)c(S(=O)(=O)N2CCOCC2)c1. The second kappa shape index (κ2) is 10.0. The van der Waals surface area contributed by atoms with Crippen LogP contribution in [0.1, 0.15) is 20.3 Å². The van der Waals surface area contributed by atoms with E-state index in [0.29, 0.717) is 25.2 Å². The Labute approximate surface area is 169 Å². The van der Waals surface area contributed by atoms with E-state index >= 15 is 0 Å². The van der Waals surface area contributed by atoms with Crippen LogP contribution in [0.25, 0.3) is 0 Å². The number of nitrogens with zero attached hydrogens (tertiary/aromatic N) is 1. The molecule has 0 aliphatic carbocycles. The number of anilines is 1. The highest BCUT2D eigenvalue weighted by Gasteiger charge is 2.28. The molecule has 0 aromatic heterocycles. The second-order valence-corrected chi connectivity index (χ2v) is 8.39. The van der Waals surface area contributed by atoms with Gasteiger partial charge in [0.2, 0.25) is 10.0 Å². The zero-order valence-corrected chi connectivity index (χ0v) is 17.3. The van der Waals surface area contributed by atoms with Gasteiger partial charge >= 0.3 is 5.97 Å². The minimum Gasteiger partial charge on any atom is -0.452 e. The fourth-order valence-electron chi connectivity index (χ4n) is 2.54. The zero-order chi connectivity index (χ0) is 20.7. The molecular formula is C18H23ClN2O6S. The molecule has 0 atom stereocenters. The Morgan fingerprint density at radius 3 is 2.64 bits per heavy atom. The molecule has 1 amide bonds. The molecule has 0 unspecified atom stereocenters. The number of hydrogen-bond acceptors (Lipinski definition) is 6. The van der Waals surface area contributed by atoms with Crippen LogP contribution in [0.3, 0.4) is 0 Å². The standard InChI is InChI=1S/C18H23ClN2O6S/c1-3-4-13(2)18(23)27-12-17(22)20-14-5-6-15(19)16(11-14)28(24,25)21-7-9-26-10-8-21/h4-6,11H,3,7-10,12H2,1-2H3,(H,20,22)/b13-4-. The number of allylic oxidation sites excluding steroid dienone is 1. The van der Waals surface area contributed by atoms with Gasteiger partial charge in [-0.3, -0.25) is 4.79 Å². The second-order valence-electron chi connectivity index (χ2n) is 6.08. The van der Waals surface area contributed by atoms with Gasteiger partial charge in [-0.05, 0) is 31.5 Å². The van der Waals surface area contributed by atoms with Gasteiger partial charge in [0.15, 0.2) is 6.61 Å². The van der Waals surface area contributed by atoms with Crippen molar-refractivity contribution in [1.82, 2.24) is 4.31 Å². The van der Waals surface area contributed by atoms with E-state index in [2.05, 4.69) is 5.32 Å². The van der Waals surface area contributed by atoms with Crippen molar-refractivity contribution >= 4 is 39.2 Å². The van der Waals surface area contributed by atoms with Crippen molar-refractivity contribution in [3.8, 4) is 0 Å². The maximum atomic E-state index is 12.8. The molecule has 1 heterocycles. The first-order chi connectivity index (χ1) is 13.3. The van der Waals surface area contributed by atoms with Crippen LogP contribution in [0.15, 0.2) is 34.7 Å². The van der Waals surface area contributed by atoms with Crippen LogP contribution in [0.5, 0.6) is 0 Å². The van der Waals surface area contributed by atoms with Gasteiger partial charge in [-0.2, -0.15) is 4.31 Å². The van der Waals surface area contributed by atoms with Crippen LogP contribution in [-0.4, -0.2) is 57.5 Å². The molecule has 8 nitrogen and oxygen atoms in total. The van der Waals surface area contributed by atoms with Crippen LogP contribution in [0, 0.1) is 0 Å². The molecule has 1 aromatic carbocycles. The number of esters is 1. The lowest BCUT2D eigenvalue weighted by Gasteiger charge is -2.26. The Kier molecular flexibility index (Phi) is 7.99. The van der Waals surface area contributed by atoms with E-state index in [9.17, 15) is 18.0 Å². The van der Waals surface area contributed by atoms with Gasteiger partial charge < -0.3 is 14.8 Å². The quantitative estimate of drug-likeness (QED) is 0.525. The maximum Gasteiger partial charge on any atom is 0.333 e. The van der Waals surface area contributed by atoms with Crippen molar-refractivity contribution in [2.45, 2.75) is 25.2 Å². The average molecular weight is 431 g/mol. The van der Waals surface area contributed by atoms with Crippen LogP contribution < -0.4 is 5.32 Å². The molecule has 0 bridgehead atoms. The molecule has 0 spiro atoms. The number of halogens is 1. The third-order valence-corrected chi connectivity index (χ3v) is 6.35. The van der Waals surface area contributed by atoms with Crippen molar-refractivity contribution in [3.63, 3.8) is 0 Å². The molecule has 0 saturated carbocycles. The number of ether oxygens (including phenoxy) is 2. The number of carbonyl (C=O) groups excluding carboxylic acids is 2. The van der Waals surface area contributed by atoms with Gasteiger partial charge in [-0.15, -0.1) is 0 Å². The highest BCUT2D eigenvalue weighted by Crippen LogP contribution is 2.28. The number of hydrogen-bond donors (Lipinski definition) is 1. The number of sulfonamides is 1. The monoisotopic (exact) mass is 430 g/mol. The fraction of sp³-hybridized carbons (Fsp3) is 0.444. The fourth-order valence-corrected chi connectivity index (χ4v) is 4.44. The van der Waals surface area contributed by atoms with Crippen molar-refractivity contribution in [1.29, 1.82) is 0 Å². The van der Waals surface area contributed by atoms with Gasteiger partial charge in [0.05, 0.1) is 18.2 Å². The number of carbonyl (C=O) groups is 2. The van der Waals surface area contributed by atoms with Crippen molar-refractivity contribution in [2.24, 2.45) is 0 Å². The zero-order valence-electron chi connectivity index (χ0n) is 15.7. The van der Waals surface area contributed by atoms with E-state index in [0.717, 1.165) is 0 Å². The largest absolute Gasteiger partial charge is 0.452 e. The third kappa shape index (κ3) is 5.78. The maximum absolute atomic E-state index is 12.8. The van der Waals surface area contributed by atoms with Gasteiger partial charge in [-0.1, -0.05) is 24.6 Å². The highest BCUT2D eigenvalue weighted by molar-refractivity contribution is 7.89. The average Bonchev–Trinajstić information content (AvgIpc) is 2.68. The van der Waals surface area contributed by atoms with Crippen LogP contribution in [-0.2, 0) is 29.1 Å². The normalized spacial score (nSPS) is 15.9. The van der Waals surface area contributed by atoms with Gasteiger partial charge in [0.25, 0.3) is 5.91 Å². The first-order valence-electron chi connectivity index (χ1n) is 8.77. The molecule has 1 aliphatic heterocycles. The number of nitrogens with one attached hydrogen (secondary N) is 1. The number of morpholine rings is 1.